The molecule has 3 rings (SSSR count). The molecule has 0 unspecified atom stereocenters. The van der Waals surface area contributed by atoms with E-state index in [-0.39, 0.29) is 11.1 Å². The van der Waals surface area contributed by atoms with Crippen LogP contribution < -0.4 is 5.73 Å². The number of hydrogen-bond donors (Lipinski definition) is 1. The third-order valence-corrected chi connectivity index (χ3v) is 2.73. The van der Waals surface area contributed by atoms with E-state index in [0.29, 0.717) is 11.2 Å². The maximum Gasteiger partial charge on any atom is 0.224 e. The van der Waals surface area contributed by atoms with Crippen LogP contribution in [0.5, 0.6) is 0 Å². The molecule has 1 aromatic carbocycles. The summed E-state index contributed by atoms with van der Waals surface area (Å²) in [6.07, 6.45) is 2.56. The minimum atomic E-state index is -0.605. The molecule has 2 aromatic heterocycles. The summed E-state index contributed by atoms with van der Waals surface area (Å²) in [7, 11) is 0. The van der Waals surface area contributed by atoms with Gasteiger partial charge in [0.25, 0.3) is 0 Å². The van der Waals surface area contributed by atoms with E-state index in [9.17, 15) is 4.39 Å². The molecule has 0 fully saturated rings. The maximum absolute atomic E-state index is 13.7. The molecule has 0 bridgehead atoms. The highest BCUT2D eigenvalue weighted by atomic mass is 35.5. The first-order valence-corrected chi connectivity index (χ1v) is 5.45. The molecule has 5 nitrogen and oxygen atoms in total. The first-order valence-electron chi connectivity index (χ1n) is 5.07. The Kier molecular flexibility index (Phi) is 2.38. The van der Waals surface area contributed by atoms with Crippen LogP contribution in [0.2, 0.25) is 5.28 Å². The SMILES string of the molecule is Nc1cccc2c1cnn2-c1nc(Cl)ncc1F. The number of halogens is 2. The van der Waals surface area contributed by atoms with Gasteiger partial charge in [0, 0.05) is 11.1 Å². The Morgan fingerprint density at radius 1 is 1.28 bits per heavy atom. The van der Waals surface area contributed by atoms with Crippen molar-refractivity contribution >= 4 is 28.2 Å². The predicted molar refractivity (Wildman–Crippen MR) is 66.0 cm³/mol. The van der Waals surface area contributed by atoms with Crippen LogP contribution in [0, 0.1) is 5.82 Å². The molecule has 0 radical (unpaired) electrons. The summed E-state index contributed by atoms with van der Waals surface area (Å²) in [6.45, 7) is 0. The van der Waals surface area contributed by atoms with Crippen LogP contribution in [-0.4, -0.2) is 19.7 Å². The minimum absolute atomic E-state index is 0.00407. The fourth-order valence-corrected chi connectivity index (χ4v) is 1.86. The number of rotatable bonds is 1. The van der Waals surface area contributed by atoms with Crippen molar-refractivity contribution in [2.75, 3.05) is 5.73 Å². The van der Waals surface area contributed by atoms with Crippen LogP contribution in [0.3, 0.4) is 0 Å². The Morgan fingerprint density at radius 3 is 2.94 bits per heavy atom. The average Bonchev–Trinajstić information content (AvgIpc) is 2.77. The van der Waals surface area contributed by atoms with Gasteiger partial charge in [-0.1, -0.05) is 6.07 Å². The molecular weight excluding hydrogens is 257 g/mol. The van der Waals surface area contributed by atoms with Gasteiger partial charge >= 0.3 is 0 Å². The Morgan fingerprint density at radius 2 is 2.11 bits per heavy atom. The fraction of sp³-hybridized carbons (Fsp3) is 0. The molecule has 3 aromatic rings. The van der Waals surface area contributed by atoms with E-state index in [1.165, 1.54) is 4.68 Å². The van der Waals surface area contributed by atoms with E-state index in [4.69, 9.17) is 17.3 Å². The standard InChI is InChI=1S/C11H7ClFN5/c12-11-15-5-7(13)10(17-11)18-9-3-1-2-8(14)6(9)4-16-18/h1-5H,14H2. The molecule has 90 valence electrons. The number of hydrogen-bond acceptors (Lipinski definition) is 4. The van der Waals surface area contributed by atoms with Gasteiger partial charge in [-0.25, -0.2) is 14.1 Å². The summed E-state index contributed by atoms with van der Waals surface area (Å²) in [5, 5.41) is 4.76. The van der Waals surface area contributed by atoms with E-state index in [1.807, 2.05) is 0 Å². The average molecular weight is 264 g/mol. The summed E-state index contributed by atoms with van der Waals surface area (Å²) >= 11 is 5.66. The molecule has 2 N–H and O–H groups in total. The summed E-state index contributed by atoms with van der Waals surface area (Å²) in [5.74, 6) is -0.609. The van der Waals surface area contributed by atoms with E-state index in [2.05, 4.69) is 15.1 Å². The quantitative estimate of drug-likeness (QED) is 0.540. The van der Waals surface area contributed by atoms with Crippen molar-refractivity contribution in [3.05, 3.63) is 41.7 Å². The molecule has 0 spiro atoms. The topological polar surface area (TPSA) is 69.6 Å². The lowest BCUT2D eigenvalue weighted by Crippen LogP contribution is -2.04. The number of nitrogens with zero attached hydrogens (tertiary/aromatic N) is 4. The molecule has 2 heterocycles. The van der Waals surface area contributed by atoms with E-state index in [1.54, 1.807) is 24.4 Å². The molecule has 7 heteroatoms. The third-order valence-electron chi connectivity index (χ3n) is 2.54. The van der Waals surface area contributed by atoms with Gasteiger partial charge in [-0.05, 0) is 23.7 Å². The van der Waals surface area contributed by atoms with Crippen LogP contribution in [0.25, 0.3) is 16.7 Å². The normalized spacial score (nSPS) is 11.0. The van der Waals surface area contributed by atoms with Crippen molar-refractivity contribution in [3.8, 4) is 5.82 Å². The first-order chi connectivity index (χ1) is 8.66. The van der Waals surface area contributed by atoms with Crippen molar-refractivity contribution in [1.29, 1.82) is 0 Å². The molecule has 0 saturated heterocycles. The zero-order valence-electron chi connectivity index (χ0n) is 9.01. The van der Waals surface area contributed by atoms with Crippen LogP contribution in [-0.2, 0) is 0 Å². The monoisotopic (exact) mass is 263 g/mol. The van der Waals surface area contributed by atoms with Crippen molar-refractivity contribution < 1.29 is 4.39 Å². The number of nitrogens with two attached hydrogens (primary N) is 1. The maximum atomic E-state index is 13.7. The summed E-state index contributed by atoms with van der Waals surface area (Å²) in [6, 6.07) is 5.28. The first kappa shape index (κ1) is 10.9. The van der Waals surface area contributed by atoms with Crippen LogP contribution in [0.15, 0.2) is 30.6 Å². The van der Waals surface area contributed by atoms with E-state index >= 15 is 0 Å². The Labute approximate surface area is 106 Å². The smallest absolute Gasteiger partial charge is 0.224 e. The second-order valence-corrected chi connectivity index (χ2v) is 3.99. The lowest BCUT2D eigenvalue weighted by molar-refractivity contribution is 0.595. The zero-order valence-corrected chi connectivity index (χ0v) is 9.76. The Bertz CT molecular complexity index is 739. The van der Waals surface area contributed by atoms with Gasteiger partial charge in [0.1, 0.15) is 0 Å². The minimum Gasteiger partial charge on any atom is -0.398 e. The second kappa shape index (κ2) is 3.92. The molecule has 0 atom stereocenters. The van der Waals surface area contributed by atoms with Gasteiger partial charge < -0.3 is 5.73 Å². The lowest BCUT2D eigenvalue weighted by Gasteiger charge is -2.04. The van der Waals surface area contributed by atoms with E-state index in [0.717, 1.165) is 11.6 Å². The molecule has 0 aliphatic rings. The van der Waals surface area contributed by atoms with Crippen LogP contribution in [0.4, 0.5) is 10.1 Å². The predicted octanol–water partition coefficient (Wildman–Crippen LogP) is 2.19. The van der Waals surface area contributed by atoms with Crippen molar-refractivity contribution in [1.82, 2.24) is 19.7 Å². The number of fused-ring (bicyclic) bond motifs is 1. The van der Waals surface area contributed by atoms with Gasteiger partial charge in [-0.3, -0.25) is 0 Å². The molecular formula is C11H7ClFN5. The van der Waals surface area contributed by atoms with E-state index < -0.39 is 5.82 Å². The lowest BCUT2D eigenvalue weighted by atomic mass is 10.2. The Hall–Kier alpha value is -2.21. The number of nitrogen functional groups attached to an aromatic ring is 1. The highest BCUT2D eigenvalue weighted by Crippen LogP contribution is 2.23. The summed E-state index contributed by atoms with van der Waals surface area (Å²) < 4.78 is 15.0. The summed E-state index contributed by atoms with van der Waals surface area (Å²) in [5.41, 5.74) is 7.03. The molecule has 0 saturated carbocycles. The van der Waals surface area contributed by atoms with Gasteiger partial charge in [-0.15, -0.1) is 0 Å². The number of anilines is 1. The molecule has 0 aliphatic carbocycles. The van der Waals surface area contributed by atoms with Crippen molar-refractivity contribution in [2.45, 2.75) is 0 Å². The Balaban J connectivity index is 2.32. The fourth-order valence-electron chi connectivity index (χ4n) is 1.73. The molecule has 0 aliphatic heterocycles. The number of benzene rings is 1. The summed E-state index contributed by atoms with van der Waals surface area (Å²) in [4.78, 5) is 7.39. The molecule has 0 amide bonds. The van der Waals surface area contributed by atoms with Gasteiger partial charge in [0.2, 0.25) is 5.28 Å². The second-order valence-electron chi connectivity index (χ2n) is 3.65. The van der Waals surface area contributed by atoms with Gasteiger partial charge in [0.05, 0.1) is 17.9 Å². The number of aromatic nitrogens is 4. The molecule has 18 heavy (non-hydrogen) atoms. The van der Waals surface area contributed by atoms with Crippen LogP contribution in [0.1, 0.15) is 0 Å². The van der Waals surface area contributed by atoms with Gasteiger partial charge in [-0.2, -0.15) is 10.1 Å². The zero-order chi connectivity index (χ0) is 12.7. The van der Waals surface area contributed by atoms with Gasteiger partial charge in [0.15, 0.2) is 11.6 Å². The largest absolute Gasteiger partial charge is 0.398 e. The highest BCUT2D eigenvalue weighted by molar-refractivity contribution is 6.28. The van der Waals surface area contributed by atoms with Crippen molar-refractivity contribution in [2.24, 2.45) is 0 Å². The third kappa shape index (κ3) is 1.58. The van der Waals surface area contributed by atoms with Crippen molar-refractivity contribution in [3.63, 3.8) is 0 Å². The highest BCUT2D eigenvalue weighted by Gasteiger charge is 2.13. The van der Waals surface area contributed by atoms with Crippen LogP contribution >= 0.6 is 11.6 Å².